The summed E-state index contributed by atoms with van der Waals surface area (Å²) in [5, 5.41) is 3.67. The fourth-order valence-corrected chi connectivity index (χ4v) is 2.96. The van der Waals surface area contributed by atoms with Crippen LogP contribution >= 0.6 is 11.6 Å². The standard InChI is InChI=1S/C18H26ClNO3/c1-18(2,3)23-17(21)20-15-9-4-5-10-16(15)22-12-13-7-6-8-14(19)11-13/h6-8,11,15-16H,4-5,9-10,12H2,1-3H3,(H,20,21)/t15-,16-/m1/s1. The quantitative estimate of drug-likeness (QED) is 0.865. The van der Waals surface area contributed by atoms with Crippen molar-refractivity contribution in [1.29, 1.82) is 0 Å². The molecule has 0 unspecified atom stereocenters. The Morgan fingerprint density at radius 1 is 1.30 bits per heavy atom. The maximum atomic E-state index is 12.0. The van der Waals surface area contributed by atoms with Gasteiger partial charge in [-0.25, -0.2) is 4.79 Å². The number of carbonyl (C=O) groups excluding carboxylic acids is 1. The van der Waals surface area contributed by atoms with Gasteiger partial charge in [0.15, 0.2) is 0 Å². The zero-order valence-electron chi connectivity index (χ0n) is 14.1. The summed E-state index contributed by atoms with van der Waals surface area (Å²) in [5.41, 5.74) is 0.551. The highest BCUT2D eigenvalue weighted by atomic mass is 35.5. The first-order valence-corrected chi connectivity index (χ1v) is 8.57. The van der Waals surface area contributed by atoms with Crippen LogP contribution in [0.4, 0.5) is 4.79 Å². The molecule has 0 aliphatic heterocycles. The van der Waals surface area contributed by atoms with E-state index in [0.29, 0.717) is 11.6 Å². The number of rotatable bonds is 4. The number of alkyl carbamates (subject to hydrolysis) is 1. The van der Waals surface area contributed by atoms with Gasteiger partial charge in [0.25, 0.3) is 0 Å². The second-order valence-corrected chi connectivity index (χ2v) is 7.45. The largest absolute Gasteiger partial charge is 0.444 e. The summed E-state index contributed by atoms with van der Waals surface area (Å²) in [6.07, 6.45) is 3.71. The Kier molecular flexibility index (Phi) is 6.31. The highest BCUT2D eigenvalue weighted by Gasteiger charge is 2.29. The third-order valence-electron chi connectivity index (χ3n) is 3.76. The minimum Gasteiger partial charge on any atom is -0.444 e. The predicted molar refractivity (Wildman–Crippen MR) is 91.7 cm³/mol. The Morgan fingerprint density at radius 2 is 2.04 bits per heavy atom. The number of nitrogens with one attached hydrogen (secondary N) is 1. The maximum absolute atomic E-state index is 12.0. The summed E-state index contributed by atoms with van der Waals surface area (Å²) in [5.74, 6) is 0. The zero-order valence-corrected chi connectivity index (χ0v) is 14.9. The Bertz CT molecular complexity index is 527. The predicted octanol–water partition coefficient (Wildman–Crippen LogP) is 4.69. The number of benzene rings is 1. The van der Waals surface area contributed by atoms with Gasteiger partial charge in [-0.15, -0.1) is 0 Å². The highest BCUT2D eigenvalue weighted by Crippen LogP contribution is 2.23. The minimum atomic E-state index is -0.490. The minimum absolute atomic E-state index is 0.00205. The van der Waals surface area contributed by atoms with Crippen LogP contribution in [-0.4, -0.2) is 23.8 Å². The molecule has 0 heterocycles. The zero-order chi connectivity index (χ0) is 16.9. The summed E-state index contributed by atoms with van der Waals surface area (Å²) in [6.45, 7) is 6.08. The lowest BCUT2D eigenvalue weighted by Gasteiger charge is -2.32. The third kappa shape index (κ3) is 6.40. The van der Waals surface area contributed by atoms with Crippen LogP contribution in [0.2, 0.25) is 5.02 Å². The van der Waals surface area contributed by atoms with Crippen LogP contribution in [0.3, 0.4) is 0 Å². The van der Waals surface area contributed by atoms with Crippen molar-refractivity contribution in [1.82, 2.24) is 5.32 Å². The first-order chi connectivity index (χ1) is 10.8. The lowest BCUT2D eigenvalue weighted by molar-refractivity contribution is -0.0113. The van der Waals surface area contributed by atoms with Crippen LogP contribution in [-0.2, 0) is 16.1 Å². The van der Waals surface area contributed by atoms with Crippen LogP contribution in [0.5, 0.6) is 0 Å². The SMILES string of the molecule is CC(C)(C)OC(=O)N[C@@H]1CCCC[C@H]1OCc1cccc(Cl)c1. The van der Waals surface area contributed by atoms with Gasteiger partial charge in [0.1, 0.15) is 5.60 Å². The van der Waals surface area contributed by atoms with E-state index >= 15 is 0 Å². The molecule has 1 saturated carbocycles. The smallest absolute Gasteiger partial charge is 0.407 e. The van der Waals surface area contributed by atoms with Crippen LogP contribution in [0.25, 0.3) is 0 Å². The van der Waals surface area contributed by atoms with Crippen LogP contribution in [0.1, 0.15) is 52.0 Å². The molecule has 23 heavy (non-hydrogen) atoms. The average molecular weight is 340 g/mol. The Hall–Kier alpha value is -1.26. The number of halogens is 1. The van der Waals surface area contributed by atoms with Gasteiger partial charge in [0.2, 0.25) is 0 Å². The van der Waals surface area contributed by atoms with Gasteiger partial charge in [-0.2, -0.15) is 0 Å². The van der Waals surface area contributed by atoms with Gasteiger partial charge < -0.3 is 14.8 Å². The van der Waals surface area contributed by atoms with Crippen molar-refractivity contribution in [3.8, 4) is 0 Å². The molecule has 2 rings (SSSR count). The van der Waals surface area contributed by atoms with E-state index in [1.54, 1.807) is 0 Å². The van der Waals surface area contributed by atoms with Crippen molar-refractivity contribution >= 4 is 17.7 Å². The summed E-state index contributed by atoms with van der Waals surface area (Å²) in [6, 6.07) is 7.65. The van der Waals surface area contributed by atoms with E-state index in [1.165, 1.54) is 0 Å². The van der Waals surface area contributed by atoms with E-state index in [2.05, 4.69) is 5.32 Å². The van der Waals surface area contributed by atoms with Gasteiger partial charge in [0.05, 0.1) is 18.8 Å². The molecular weight excluding hydrogens is 314 g/mol. The van der Waals surface area contributed by atoms with Crippen LogP contribution < -0.4 is 5.32 Å². The first-order valence-electron chi connectivity index (χ1n) is 8.19. The molecule has 4 nitrogen and oxygen atoms in total. The molecule has 1 aliphatic rings. The molecule has 5 heteroatoms. The fourth-order valence-electron chi connectivity index (χ4n) is 2.75. The number of ether oxygens (including phenoxy) is 2. The third-order valence-corrected chi connectivity index (χ3v) is 3.99. The Morgan fingerprint density at radius 3 is 2.74 bits per heavy atom. The number of hydrogen-bond donors (Lipinski definition) is 1. The van der Waals surface area contributed by atoms with E-state index in [4.69, 9.17) is 21.1 Å². The van der Waals surface area contributed by atoms with E-state index in [-0.39, 0.29) is 18.2 Å². The summed E-state index contributed by atoms with van der Waals surface area (Å²) >= 11 is 6.00. The molecule has 1 fully saturated rings. The van der Waals surface area contributed by atoms with Crippen molar-refractivity contribution < 1.29 is 14.3 Å². The summed E-state index contributed by atoms with van der Waals surface area (Å²) in [7, 11) is 0. The van der Waals surface area contributed by atoms with Gasteiger partial charge in [-0.3, -0.25) is 0 Å². The highest BCUT2D eigenvalue weighted by molar-refractivity contribution is 6.30. The number of hydrogen-bond acceptors (Lipinski definition) is 3. The van der Waals surface area contributed by atoms with E-state index in [9.17, 15) is 4.79 Å². The Labute approximate surface area is 143 Å². The van der Waals surface area contributed by atoms with Crippen LogP contribution in [0.15, 0.2) is 24.3 Å². The van der Waals surface area contributed by atoms with Gasteiger partial charge in [0, 0.05) is 5.02 Å². The number of amides is 1. The molecule has 1 N–H and O–H groups in total. The Balaban J connectivity index is 1.89. The average Bonchev–Trinajstić information content (AvgIpc) is 2.44. The molecule has 128 valence electrons. The molecule has 1 amide bonds. The van der Waals surface area contributed by atoms with Gasteiger partial charge >= 0.3 is 6.09 Å². The van der Waals surface area contributed by atoms with Crippen molar-refractivity contribution in [3.05, 3.63) is 34.9 Å². The van der Waals surface area contributed by atoms with Crippen molar-refractivity contribution in [2.45, 2.75) is 70.8 Å². The molecule has 1 aromatic carbocycles. The molecule has 0 spiro atoms. The maximum Gasteiger partial charge on any atom is 0.407 e. The van der Waals surface area contributed by atoms with E-state index < -0.39 is 5.60 Å². The summed E-state index contributed by atoms with van der Waals surface area (Å²) < 4.78 is 11.4. The van der Waals surface area contributed by atoms with E-state index in [1.807, 2.05) is 45.0 Å². The molecule has 2 atom stereocenters. The molecule has 1 aliphatic carbocycles. The first kappa shape index (κ1) is 18.1. The van der Waals surface area contributed by atoms with Gasteiger partial charge in [-0.05, 0) is 51.3 Å². The molecular formula is C18H26ClNO3. The second-order valence-electron chi connectivity index (χ2n) is 7.02. The molecule has 0 aromatic heterocycles. The van der Waals surface area contributed by atoms with Crippen molar-refractivity contribution in [3.63, 3.8) is 0 Å². The lowest BCUT2D eigenvalue weighted by Crippen LogP contribution is -2.47. The topological polar surface area (TPSA) is 47.6 Å². The molecule has 0 radical (unpaired) electrons. The normalized spacial score (nSPS) is 21.7. The second kappa shape index (κ2) is 8.02. The van der Waals surface area contributed by atoms with E-state index in [0.717, 1.165) is 31.2 Å². The molecule has 0 saturated heterocycles. The number of carbonyl (C=O) groups is 1. The molecule has 0 bridgehead atoms. The summed E-state index contributed by atoms with van der Waals surface area (Å²) in [4.78, 5) is 12.0. The van der Waals surface area contributed by atoms with Gasteiger partial charge in [-0.1, -0.05) is 36.6 Å². The van der Waals surface area contributed by atoms with Crippen molar-refractivity contribution in [2.75, 3.05) is 0 Å². The monoisotopic (exact) mass is 339 g/mol. The van der Waals surface area contributed by atoms with Crippen LogP contribution in [0, 0.1) is 0 Å². The van der Waals surface area contributed by atoms with Crippen molar-refractivity contribution in [2.24, 2.45) is 0 Å². The lowest BCUT2D eigenvalue weighted by atomic mass is 9.92. The fraction of sp³-hybridized carbons (Fsp3) is 0.611. The molecule has 1 aromatic rings.